The van der Waals surface area contributed by atoms with Crippen molar-refractivity contribution >= 4 is 0 Å². The van der Waals surface area contributed by atoms with Crippen LogP contribution in [0.1, 0.15) is 42.3 Å². The number of aryl methyl sites for hydroxylation is 1. The topological polar surface area (TPSA) is 36.6 Å². The van der Waals surface area contributed by atoms with Crippen LogP contribution in [0.3, 0.4) is 0 Å². The summed E-state index contributed by atoms with van der Waals surface area (Å²) in [5, 5.41) is 10.4. The third-order valence-electron chi connectivity index (χ3n) is 4.24. The molecule has 3 nitrogen and oxygen atoms in total. The van der Waals surface area contributed by atoms with E-state index in [1.165, 1.54) is 12.8 Å². The molecule has 1 aliphatic carbocycles. The van der Waals surface area contributed by atoms with E-state index in [9.17, 15) is 5.11 Å². The Kier molecular flexibility index (Phi) is 4.42. The molecule has 1 aliphatic rings. The Bertz CT molecular complexity index is 560. The van der Waals surface area contributed by atoms with Gasteiger partial charge in [0.1, 0.15) is 5.76 Å². The first-order chi connectivity index (χ1) is 10.2. The molecule has 1 atom stereocenters. The van der Waals surface area contributed by atoms with Gasteiger partial charge in [0.05, 0.1) is 18.9 Å². The van der Waals surface area contributed by atoms with Crippen LogP contribution in [-0.2, 0) is 6.54 Å². The minimum absolute atomic E-state index is 0.385. The third-order valence-corrected chi connectivity index (χ3v) is 4.24. The summed E-state index contributed by atoms with van der Waals surface area (Å²) >= 11 is 0. The van der Waals surface area contributed by atoms with Crippen LogP contribution >= 0.6 is 0 Å². The van der Waals surface area contributed by atoms with E-state index in [4.69, 9.17) is 4.42 Å². The van der Waals surface area contributed by atoms with Crippen molar-refractivity contribution < 1.29 is 9.52 Å². The molecule has 0 amide bonds. The quantitative estimate of drug-likeness (QED) is 0.843. The molecule has 0 spiro atoms. The van der Waals surface area contributed by atoms with Crippen molar-refractivity contribution in [1.82, 2.24) is 4.90 Å². The number of aliphatic hydroxyl groups is 1. The molecule has 1 aromatic heterocycles. The molecule has 0 radical (unpaired) electrons. The van der Waals surface area contributed by atoms with Gasteiger partial charge in [-0.1, -0.05) is 24.3 Å². The van der Waals surface area contributed by atoms with Gasteiger partial charge in [-0.2, -0.15) is 0 Å². The van der Waals surface area contributed by atoms with Gasteiger partial charge >= 0.3 is 0 Å². The van der Waals surface area contributed by atoms with E-state index in [2.05, 4.69) is 17.9 Å². The van der Waals surface area contributed by atoms with E-state index in [1.807, 2.05) is 30.3 Å². The highest BCUT2D eigenvalue weighted by Gasteiger charge is 2.29. The summed E-state index contributed by atoms with van der Waals surface area (Å²) in [7, 11) is 0. The first-order valence-corrected chi connectivity index (χ1v) is 7.74. The van der Waals surface area contributed by atoms with Crippen molar-refractivity contribution in [3.63, 3.8) is 0 Å². The number of hydrogen-bond donors (Lipinski definition) is 1. The fourth-order valence-electron chi connectivity index (χ4n) is 2.84. The van der Waals surface area contributed by atoms with Gasteiger partial charge in [0.15, 0.2) is 0 Å². The zero-order valence-electron chi connectivity index (χ0n) is 12.5. The maximum absolute atomic E-state index is 10.4. The predicted octanol–water partition coefficient (Wildman–Crippen LogP) is 3.68. The summed E-state index contributed by atoms with van der Waals surface area (Å²) in [6, 6.07) is 12.7. The number of rotatable bonds is 7. The first kappa shape index (κ1) is 14.4. The van der Waals surface area contributed by atoms with Crippen molar-refractivity contribution in [2.45, 2.75) is 44.9 Å². The molecule has 0 saturated heterocycles. The van der Waals surface area contributed by atoms with Gasteiger partial charge in [-0.25, -0.2) is 0 Å². The smallest absolute Gasteiger partial charge is 0.117 e. The number of benzene rings is 1. The second-order valence-electron chi connectivity index (χ2n) is 5.94. The molecule has 21 heavy (non-hydrogen) atoms. The number of furan rings is 1. The van der Waals surface area contributed by atoms with Gasteiger partial charge in [0.2, 0.25) is 0 Å². The van der Waals surface area contributed by atoms with Crippen LogP contribution < -0.4 is 0 Å². The van der Waals surface area contributed by atoms with Crippen molar-refractivity contribution in [2.24, 2.45) is 0 Å². The molecule has 1 aromatic carbocycles. The van der Waals surface area contributed by atoms with E-state index in [1.54, 1.807) is 6.26 Å². The minimum atomic E-state index is -0.385. The van der Waals surface area contributed by atoms with Crippen molar-refractivity contribution in [3.8, 4) is 0 Å². The second kappa shape index (κ2) is 6.46. The average molecular weight is 285 g/mol. The third kappa shape index (κ3) is 3.74. The molecule has 1 fully saturated rings. The van der Waals surface area contributed by atoms with Crippen LogP contribution in [-0.4, -0.2) is 22.6 Å². The Morgan fingerprint density at radius 2 is 2.05 bits per heavy atom. The highest BCUT2D eigenvalue weighted by molar-refractivity contribution is 5.27. The van der Waals surface area contributed by atoms with E-state index < -0.39 is 0 Å². The van der Waals surface area contributed by atoms with E-state index in [0.29, 0.717) is 6.04 Å². The Hall–Kier alpha value is -1.58. The number of nitrogens with zero attached hydrogens (tertiary/aromatic N) is 1. The summed E-state index contributed by atoms with van der Waals surface area (Å²) in [5.74, 6) is 1.01. The van der Waals surface area contributed by atoms with Crippen LogP contribution in [0.5, 0.6) is 0 Å². The summed E-state index contributed by atoms with van der Waals surface area (Å²) in [6.07, 6.45) is 4.64. The maximum Gasteiger partial charge on any atom is 0.117 e. The zero-order chi connectivity index (χ0) is 14.7. The molecule has 1 saturated carbocycles. The minimum Gasteiger partial charge on any atom is -0.468 e. The fourth-order valence-corrected chi connectivity index (χ4v) is 2.84. The van der Waals surface area contributed by atoms with Crippen LogP contribution in [0, 0.1) is 6.92 Å². The van der Waals surface area contributed by atoms with E-state index in [-0.39, 0.29) is 6.10 Å². The van der Waals surface area contributed by atoms with Crippen molar-refractivity contribution in [3.05, 3.63) is 59.5 Å². The predicted molar refractivity (Wildman–Crippen MR) is 82.9 cm³/mol. The Morgan fingerprint density at radius 1 is 1.24 bits per heavy atom. The number of aliphatic hydroxyl groups excluding tert-OH is 1. The largest absolute Gasteiger partial charge is 0.468 e. The lowest BCUT2D eigenvalue weighted by atomic mass is 10.0. The second-order valence-corrected chi connectivity index (χ2v) is 5.94. The monoisotopic (exact) mass is 285 g/mol. The first-order valence-electron chi connectivity index (χ1n) is 7.74. The Morgan fingerprint density at radius 3 is 2.71 bits per heavy atom. The van der Waals surface area contributed by atoms with Crippen LogP contribution in [0.25, 0.3) is 0 Å². The average Bonchev–Trinajstić information content (AvgIpc) is 3.21. The normalized spacial score (nSPS) is 16.3. The Labute approximate surface area is 126 Å². The lowest BCUT2D eigenvalue weighted by Gasteiger charge is -2.23. The van der Waals surface area contributed by atoms with Crippen LogP contribution in [0.15, 0.2) is 47.1 Å². The van der Waals surface area contributed by atoms with E-state index in [0.717, 1.165) is 36.4 Å². The standard InChI is InChI=1S/C18H23NO2/c1-14-5-2-3-7-17(14)18(20)10-11-19(15-8-9-15)13-16-6-4-12-21-16/h2-7,12,15,18,20H,8-11,13H2,1H3. The van der Waals surface area contributed by atoms with Gasteiger partial charge < -0.3 is 9.52 Å². The van der Waals surface area contributed by atoms with Crippen molar-refractivity contribution in [2.75, 3.05) is 6.54 Å². The summed E-state index contributed by atoms with van der Waals surface area (Å²) in [6.45, 7) is 3.80. The highest BCUT2D eigenvalue weighted by Crippen LogP contribution is 2.30. The number of hydrogen-bond acceptors (Lipinski definition) is 3. The summed E-state index contributed by atoms with van der Waals surface area (Å²) in [5.41, 5.74) is 2.21. The molecule has 112 valence electrons. The lowest BCUT2D eigenvalue weighted by molar-refractivity contribution is 0.133. The summed E-state index contributed by atoms with van der Waals surface area (Å²) in [4.78, 5) is 2.43. The highest BCUT2D eigenvalue weighted by atomic mass is 16.3. The molecule has 1 N–H and O–H groups in total. The molecule has 1 heterocycles. The molecule has 3 rings (SSSR count). The molecular formula is C18H23NO2. The van der Waals surface area contributed by atoms with Gasteiger partial charge in [-0.3, -0.25) is 4.90 Å². The molecule has 3 heteroatoms. The Balaban J connectivity index is 1.58. The van der Waals surface area contributed by atoms with Gasteiger partial charge in [0.25, 0.3) is 0 Å². The maximum atomic E-state index is 10.4. The van der Waals surface area contributed by atoms with Gasteiger partial charge in [0, 0.05) is 12.6 Å². The molecule has 0 bridgehead atoms. The molecule has 0 aliphatic heterocycles. The zero-order valence-corrected chi connectivity index (χ0v) is 12.5. The van der Waals surface area contributed by atoms with Gasteiger partial charge in [-0.05, 0) is 49.4 Å². The molecule has 2 aromatic rings. The van der Waals surface area contributed by atoms with Crippen molar-refractivity contribution in [1.29, 1.82) is 0 Å². The molecular weight excluding hydrogens is 262 g/mol. The van der Waals surface area contributed by atoms with E-state index >= 15 is 0 Å². The lowest BCUT2D eigenvalue weighted by Crippen LogP contribution is -2.27. The van der Waals surface area contributed by atoms with Crippen LogP contribution in [0.4, 0.5) is 0 Å². The SMILES string of the molecule is Cc1ccccc1C(O)CCN(Cc1ccco1)C1CC1. The molecule has 1 unspecified atom stereocenters. The van der Waals surface area contributed by atoms with Crippen LogP contribution in [0.2, 0.25) is 0 Å². The summed E-state index contributed by atoms with van der Waals surface area (Å²) < 4.78 is 5.45. The fraction of sp³-hybridized carbons (Fsp3) is 0.444. The van der Waals surface area contributed by atoms with Gasteiger partial charge in [-0.15, -0.1) is 0 Å².